The molecule has 0 bridgehead atoms. The lowest BCUT2D eigenvalue weighted by Gasteiger charge is -2.30. The number of nitrogens with zero attached hydrogens (tertiary/aromatic N) is 4. The molecule has 0 spiro atoms. The first-order valence-electron chi connectivity index (χ1n) is 20.9. The van der Waals surface area contributed by atoms with Gasteiger partial charge in [-0.25, -0.2) is 9.59 Å². The average Bonchev–Trinajstić information content (AvgIpc) is 3.68. The number of hydrogen-bond donors (Lipinski definition) is 2. The highest BCUT2D eigenvalue weighted by Gasteiger charge is 2.63. The number of aromatic nitrogens is 3. The molecule has 14 nitrogen and oxygen atoms in total. The Morgan fingerprint density at radius 2 is 1.43 bits per heavy atom. The zero-order valence-electron chi connectivity index (χ0n) is 33.4. The Morgan fingerprint density at radius 1 is 0.817 bits per heavy atom. The Labute approximate surface area is 349 Å². The van der Waals surface area contributed by atoms with Crippen LogP contribution < -0.4 is 10.6 Å². The maximum absolute atomic E-state index is 14.8. The first kappa shape index (κ1) is 40.9. The van der Waals surface area contributed by atoms with E-state index in [0.29, 0.717) is 36.2 Å². The van der Waals surface area contributed by atoms with Gasteiger partial charge in [0.25, 0.3) is 0 Å². The van der Waals surface area contributed by atoms with Crippen molar-refractivity contribution >= 4 is 34.0 Å². The molecule has 3 fully saturated rings. The SMILES string of the molecule is O=C(N[C@H]1CCCCC/C=C\C2C[C@@]2(C(=O)OS(=O)(=O)Cc2ccccc2)NC(=O)[C@@H]2C[C@@H](n3nc(-c4ccccc4)c(-c4ccccc4)n3)CN2C1=O)OC1CCCC1. The number of benzene rings is 3. The summed E-state index contributed by atoms with van der Waals surface area (Å²) in [4.78, 5) is 59.7. The Bertz CT molecular complexity index is 2260. The molecule has 2 aliphatic carbocycles. The van der Waals surface area contributed by atoms with Crippen LogP contribution in [0, 0.1) is 5.92 Å². The molecule has 3 aromatic carbocycles. The van der Waals surface area contributed by atoms with Crippen LogP contribution in [0.4, 0.5) is 4.79 Å². The number of alkyl carbamates (subject to hydrolysis) is 1. The Kier molecular flexibility index (Phi) is 12.1. The molecular weight excluding hydrogens is 785 g/mol. The maximum atomic E-state index is 14.8. The van der Waals surface area contributed by atoms with Gasteiger partial charge in [0.15, 0.2) is 0 Å². The van der Waals surface area contributed by atoms with E-state index in [1.165, 1.54) is 4.90 Å². The lowest BCUT2D eigenvalue weighted by atomic mass is 10.0. The summed E-state index contributed by atoms with van der Waals surface area (Å²) in [7, 11) is -4.39. The van der Waals surface area contributed by atoms with Crippen molar-refractivity contribution in [2.75, 3.05) is 6.54 Å². The smallest absolute Gasteiger partial charge is 0.408 e. The third-order valence-electron chi connectivity index (χ3n) is 11.9. The molecule has 1 aromatic heterocycles. The second-order valence-electron chi connectivity index (χ2n) is 16.3. The van der Waals surface area contributed by atoms with Crippen molar-refractivity contribution in [1.82, 2.24) is 30.5 Å². The van der Waals surface area contributed by atoms with E-state index in [1.807, 2.05) is 72.8 Å². The molecule has 0 radical (unpaired) electrons. The van der Waals surface area contributed by atoms with Gasteiger partial charge in [0.1, 0.15) is 40.9 Å². The standard InChI is InChI=1S/C45H50N6O8S/c52-41-38-27-35(51-48-39(32-19-9-5-10-20-32)40(49-51)33-21-11-6-12-22-33)29-50(38)42(53)37(46-44(55)58-36-24-15-16-25-36)26-14-3-1-2-13-23-34-28-45(34,47-41)43(54)59-60(56,57)30-31-17-7-4-8-18-31/h4-13,17-23,34-38H,1-3,14-16,24-30H2,(H,46,55)(H,47,52)/b23-13-/t34?,35-,37+,38+,45-/m1/s1. The Morgan fingerprint density at radius 3 is 2.08 bits per heavy atom. The van der Waals surface area contributed by atoms with Gasteiger partial charge in [0, 0.05) is 30.0 Å². The number of fused-ring (bicyclic) bond motifs is 2. The molecule has 3 heterocycles. The second-order valence-corrected chi connectivity index (χ2v) is 17.8. The molecule has 2 saturated carbocycles. The third kappa shape index (κ3) is 9.30. The largest absolute Gasteiger partial charge is 0.446 e. The number of carbonyl (C=O) groups is 4. The topological polar surface area (TPSA) is 179 Å². The summed E-state index contributed by atoms with van der Waals surface area (Å²) in [6.07, 6.45) is 9.69. The highest BCUT2D eigenvalue weighted by atomic mass is 32.2. The predicted molar refractivity (Wildman–Crippen MR) is 222 cm³/mol. The van der Waals surface area contributed by atoms with Gasteiger partial charge in [-0.05, 0) is 56.9 Å². The van der Waals surface area contributed by atoms with E-state index in [1.54, 1.807) is 35.1 Å². The van der Waals surface area contributed by atoms with Crippen molar-refractivity contribution in [2.24, 2.45) is 5.92 Å². The molecular formula is C45H50N6O8S. The number of hydrogen-bond acceptors (Lipinski definition) is 10. The molecule has 1 saturated heterocycles. The van der Waals surface area contributed by atoms with Gasteiger partial charge in [-0.15, -0.1) is 0 Å². The molecule has 1 unspecified atom stereocenters. The van der Waals surface area contributed by atoms with Crippen LogP contribution in [0.2, 0.25) is 0 Å². The monoisotopic (exact) mass is 834 g/mol. The Balaban J connectivity index is 1.12. The van der Waals surface area contributed by atoms with E-state index in [9.17, 15) is 27.6 Å². The lowest BCUT2D eigenvalue weighted by Crippen LogP contribution is -2.56. The van der Waals surface area contributed by atoms with Gasteiger partial charge in [0.2, 0.25) is 11.8 Å². The van der Waals surface area contributed by atoms with Crippen molar-refractivity contribution in [3.05, 3.63) is 109 Å². The summed E-state index contributed by atoms with van der Waals surface area (Å²) in [5, 5.41) is 15.6. The van der Waals surface area contributed by atoms with Crippen molar-refractivity contribution in [2.45, 2.75) is 106 Å². The molecule has 60 heavy (non-hydrogen) atoms. The Hall–Kier alpha value is -5.83. The van der Waals surface area contributed by atoms with Crippen LogP contribution in [-0.4, -0.2) is 82.5 Å². The molecule has 2 N–H and O–H groups in total. The lowest BCUT2D eigenvalue weighted by molar-refractivity contribution is -0.144. The summed E-state index contributed by atoms with van der Waals surface area (Å²) in [5.74, 6) is -3.26. The number of amides is 3. The van der Waals surface area contributed by atoms with Gasteiger partial charge in [0.05, 0.1) is 6.04 Å². The fraction of sp³-hybridized carbons (Fsp3) is 0.422. The van der Waals surface area contributed by atoms with E-state index in [-0.39, 0.29) is 25.5 Å². The quantitative estimate of drug-likeness (QED) is 0.145. The normalized spacial score (nSPS) is 25.5. The van der Waals surface area contributed by atoms with Crippen molar-refractivity contribution in [1.29, 1.82) is 0 Å². The van der Waals surface area contributed by atoms with Crippen LogP contribution in [0.3, 0.4) is 0 Å². The predicted octanol–water partition coefficient (Wildman–Crippen LogP) is 6.26. The fourth-order valence-electron chi connectivity index (χ4n) is 8.63. The highest BCUT2D eigenvalue weighted by Crippen LogP contribution is 2.47. The van der Waals surface area contributed by atoms with Crippen LogP contribution in [0.1, 0.15) is 82.2 Å². The van der Waals surface area contributed by atoms with E-state index in [4.69, 9.17) is 19.1 Å². The molecule has 15 heteroatoms. The minimum atomic E-state index is -4.39. The maximum Gasteiger partial charge on any atom is 0.408 e. The van der Waals surface area contributed by atoms with E-state index in [2.05, 4.69) is 10.6 Å². The highest BCUT2D eigenvalue weighted by molar-refractivity contribution is 7.86. The van der Waals surface area contributed by atoms with Gasteiger partial charge in [-0.3, -0.25) is 9.59 Å². The van der Waals surface area contributed by atoms with Gasteiger partial charge >= 0.3 is 22.2 Å². The first-order chi connectivity index (χ1) is 29.1. The summed E-state index contributed by atoms with van der Waals surface area (Å²) in [5.41, 5.74) is 1.71. The van der Waals surface area contributed by atoms with E-state index in [0.717, 1.165) is 49.7 Å². The number of ether oxygens (including phenoxy) is 1. The average molecular weight is 835 g/mol. The minimum Gasteiger partial charge on any atom is -0.446 e. The van der Waals surface area contributed by atoms with E-state index < -0.39 is 69.3 Å². The van der Waals surface area contributed by atoms with Crippen molar-refractivity contribution in [3.8, 4) is 22.5 Å². The number of rotatable bonds is 9. The zero-order valence-corrected chi connectivity index (χ0v) is 34.2. The van der Waals surface area contributed by atoms with Gasteiger partial charge in [-0.1, -0.05) is 116 Å². The third-order valence-corrected chi connectivity index (χ3v) is 13.0. The molecule has 5 atom stereocenters. The van der Waals surface area contributed by atoms with Crippen LogP contribution in [-0.2, 0) is 39.2 Å². The van der Waals surface area contributed by atoms with Gasteiger partial charge < -0.3 is 24.5 Å². The molecule has 3 amide bonds. The number of allylic oxidation sites excluding steroid dienone is 1. The van der Waals surface area contributed by atoms with Crippen LogP contribution >= 0.6 is 0 Å². The molecule has 8 rings (SSSR count). The summed E-state index contributed by atoms with van der Waals surface area (Å²) in [6.45, 7) is 0.0240. The zero-order chi connectivity index (χ0) is 41.7. The second kappa shape index (κ2) is 17.8. The first-order valence-corrected chi connectivity index (χ1v) is 22.5. The minimum absolute atomic E-state index is 0.0240. The van der Waals surface area contributed by atoms with Crippen molar-refractivity contribution < 1.29 is 36.5 Å². The summed E-state index contributed by atoms with van der Waals surface area (Å²) < 4.78 is 37.3. The van der Waals surface area contributed by atoms with Crippen LogP contribution in [0.5, 0.6) is 0 Å². The van der Waals surface area contributed by atoms with E-state index >= 15 is 0 Å². The summed E-state index contributed by atoms with van der Waals surface area (Å²) in [6, 6.07) is 24.9. The number of carbonyl (C=O) groups excluding carboxylic acids is 4. The molecule has 314 valence electrons. The molecule has 2 aliphatic heterocycles. The fourth-order valence-corrected chi connectivity index (χ4v) is 9.67. The molecule has 4 aromatic rings. The van der Waals surface area contributed by atoms with Crippen LogP contribution in [0.25, 0.3) is 22.5 Å². The summed E-state index contributed by atoms with van der Waals surface area (Å²) >= 11 is 0. The number of nitrogens with one attached hydrogen (secondary N) is 2. The van der Waals surface area contributed by atoms with Crippen LogP contribution in [0.15, 0.2) is 103 Å². The van der Waals surface area contributed by atoms with Crippen molar-refractivity contribution in [3.63, 3.8) is 0 Å². The van der Waals surface area contributed by atoms with Gasteiger partial charge in [-0.2, -0.15) is 23.4 Å². The molecule has 4 aliphatic rings.